The van der Waals surface area contributed by atoms with Crippen molar-refractivity contribution in [3.05, 3.63) is 35.9 Å². The zero-order valence-corrected chi connectivity index (χ0v) is 9.46. The molecule has 0 heterocycles. The molecule has 0 spiro atoms. The van der Waals surface area contributed by atoms with Gasteiger partial charge in [-0.25, -0.2) is 0 Å². The molecule has 1 aromatic carbocycles. The maximum atomic E-state index is 3.32. The predicted octanol–water partition coefficient (Wildman–Crippen LogP) is 3.62. The molecule has 1 rings (SSSR count). The lowest BCUT2D eigenvalue weighted by Crippen LogP contribution is -2.26. The molecule has 0 heteroatoms. The van der Waals surface area contributed by atoms with Gasteiger partial charge in [0.25, 0.3) is 0 Å². The van der Waals surface area contributed by atoms with Gasteiger partial charge in [-0.3, -0.25) is 0 Å². The van der Waals surface area contributed by atoms with E-state index >= 15 is 0 Å². The summed E-state index contributed by atoms with van der Waals surface area (Å²) in [5, 5.41) is 0. The lowest BCUT2D eigenvalue weighted by molar-refractivity contribution is 0.436. The van der Waals surface area contributed by atoms with Crippen molar-refractivity contribution in [2.45, 2.75) is 33.1 Å². The second-order valence-corrected chi connectivity index (χ2v) is 4.10. The molecule has 0 radical (unpaired) electrons. The van der Waals surface area contributed by atoms with Crippen molar-refractivity contribution in [3.8, 4) is 11.8 Å². The summed E-state index contributed by atoms with van der Waals surface area (Å²) in [6, 6.07) is 10.5. The summed E-state index contributed by atoms with van der Waals surface area (Å²) in [5.41, 5.74) is 1.29. The average Bonchev–Trinajstić information content (AvgIpc) is 2.19. The molecular weight excluding hydrogens is 168 g/mol. The Labute approximate surface area is 87.4 Å². The van der Waals surface area contributed by atoms with Gasteiger partial charge in [0.1, 0.15) is 0 Å². The Morgan fingerprint density at radius 3 is 2.14 bits per heavy atom. The lowest BCUT2D eigenvalue weighted by atomic mass is 9.74. The normalized spacial score (nSPS) is 14.4. The molecule has 14 heavy (non-hydrogen) atoms. The van der Waals surface area contributed by atoms with Crippen LogP contribution >= 0.6 is 0 Å². The third kappa shape index (κ3) is 1.99. The van der Waals surface area contributed by atoms with Gasteiger partial charge in [0.2, 0.25) is 0 Å². The van der Waals surface area contributed by atoms with Gasteiger partial charge < -0.3 is 0 Å². The molecule has 0 aliphatic carbocycles. The van der Waals surface area contributed by atoms with E-state index < -0.39 is 0 Å². The molecule has 0 saturated carbocycles. The fraction of sp³-hybridized carbons (Fsp3) is 0.429. The highest BCUT2D eigenvalue weighted by molar-refractivity contribution is 5.34. The Balaban J connectivity index is 3.17. The maximum absolute atomic E-state index is 3.32. The Kier molecular flexibility index (Phi) is 3.36. The second kappa shape index (κ2) is 4.33. The molecular formula is C14H18. The van der Waals surface area contributed by atoms with Gasteiger partial charge in [-0.1, -0.05) is 50.1 Å². The van der Waals surface area contributed by atoms with Crippen molar-refractivity contribution in [1.29, 1.82) is 0 Å². The van der Waals surface area contributed by atoms with E-state index in [1.165, 1.54) is 5.56 Å². The van der Waals surface area contributed by atoms with E-state index in [-0.39, 0.29) is 5.41 Å². The molecule has 0 saturated heterocycles. The minimum atomic E-state index is -0.0178. The van der Waals surface area contributed by atoms with Crippen molar-refractivity contribution in [2.75, 3.05) is 0 Å². The maximum Gasteiger partial charge on any atom is 0.0557 e. The van der Waals surface area contributed by atoms with Crippen LogP contribution in [0.3, 0.4) is 0 Å². The average molecular weight is 186 g/mol. The highest BCUT2D eigenvalue weighted by atomic mass is 14.3. The van der Waals surface area contributed by atoms with Crippen LogP contribution in [0.2, 0.25) is 0 Å². The van der Waals surface area contributed by atoms with Crippen LogP contribution in [-0.2, 0) is 5.41 Å². The van der Waals surface area contributed by atoms with Crippen LogP contribution < -0.4 is 0 Å². The van der Waals surface area contributed by atoms with E-state index in [2.05, 4.69) is 56.9 Å². The molecule has 0 aliphatic rings. The predicted molar refractivity (Wildman–Crippen MR) is 62.1 cm³/mol. The van der Waals surface area contributed by atoms with Gasteiger partial charge in [0, 0.05) is 0 Å². The topological polar surface area (TPSA) is 0 Å². The first-order chi connectivity index (χ1) is 6.61. The molecule has 0 nitrogen and oxygen atoms in total. The van der Waals surface area contributed by atoms with Crippen LogP contribution in [0.15, 0.2) is 30.3 Å². The first-order valence-electron chi connectivity index (χ1n) is 5.10. The van der Waals surface area contributed by atoms with Crippen molar-refractivity contribution in [1.82, 2.24) is 0 Å². The van der Waals surface area contributed by atoms with Crippen LogP contribution in [0.4, 0.5) is 0 Å². The number of benzene rings is 1. The molecule has 74 valence electrons. The van der Waals surface area contributed by atoms with E-state index in [1.54, 1.807) is 0 Å². The smallest absolute Gasteiger partial charge is 0.0557 e. The molecule has 1 atom stereocenters. The van der Waals surface area contributed by atoms with Gasteiger partial charge in [-0.2, -0.15) is 0 Å². The zero-order chi connectivity index (χ0) is 10.6. The highest BCUT2D eigenvalue weighted by Crippen LogP contribution is 2.30. The van der Waals surface area contributed by atoms with E-state index in [4.69, 9.17) is 0 Å². The lowest BCUT2D eigenvalue weighted by Gasteiger charge is -2.28. The van der Waals surface area contributed by atoms with Crippen molar-refractivity contribution in [2.24, 2.45) is 5.92 Å². The first-order valence-corrected chi connectivity index (χ1v) is 5.10. The molecule has 0 N–H and O–H groups in total. The Bertz CT molecular complexity index is 337. The minimum absolute atomic E-state index is 0.0178. The van der Waals surface area contributed by atoms with Gasteiger partial charge in [-0.05, 0) is 25.3 Å². The van der Waals surface area contributed by atoms with Gasteiger partial charge in [0.05, 0.1) is 5.41 Å². The minimum Gasteiger partial charge on any atom is -0.106 e. The van der Waals surface area contributed by atoms with Crippen molar-refractivity contribution < 1.29 is 0 Å². The molecule has 0 fully saturated rings. The van der Waals surface area contributed by atoms with Crippen LogP contribution in [0.5, 0.6) is 0 Å². The largest absolute Gasteiger partial charge is 0.106 e. The van der Waals surface area contributed by atoms with Crippen LogP contribution in [0.1, 0.15) is 33.3 Å². The van der Waals surface area contributed by atoms with Crippen molar-refractivity contribution >= 4 is 0 Å². The van der Waals surface area contributed by atoms with Crippen molar-refractivity contribution in [3.63, 3.8) is 0 Å². The van der Waals surface area contributed by atoms with E-state index in [0.717, 1.165) is 0 Å². The van der Waals surface area contributed by atoms with E-state index in [1.807, 2.05) is 13.0 Å². The first kappa shape index (κ1) is 10.9. The van der Waals surface area contributed by atoms with Gasteiger partial charge in [-0.15, -0.1) is 5.92 Å². The fourth-order valence-corrected chi connectivity index (χ4v) is 1.59. The van der Waals surface area contributed by atoms with Crippen LogP contribution in [-0.4, -0.2) is 0 Å². The molecule has 0 bridgehead atoms. The fourth-order valence-electron chi connectivity index (χ4n) is 1.59. The molecule has 1 aromatic rings. The summed E-state index contributed by atoms with van der Waals surface area (Å²) in [6.45, 7) is 8.56. The zero-order valence-electron chi connectivity index (χ0n) is 9.46. The molecule has 0 amide bonds. The van der Waals surface area contributed by atoms with E-state index in [0.29, 0.717) is 5.92 Å². The summed E-state index contributed by atoms with van der Waals surface area (Å²) in [5.74, 6) is 6.89. The quantitative estimate of drug-likeness (QED) is 0.619. The Morgan fingerprint density at radius 2 is 1.71 bits per heavy atom. The number of hydrogen-bond acceptors (Lipinski definition) is 0. The third-order valence-electron chi connectivity index (χ3n) is 2.91. The highest BCUT2D eigenvalue weighted by Gasteiger charge is 2.27. The summed E-state index contributed by atoms with van der Waals surface area (Å²) < 4.78 is 0. The Hall–Kier alpha value is -1.22. The monoisotopic (exact) mass is 186 g/mol. The molecule has 0 aliphatic heterocycles. The third-order valence-corrected chi connectivity index (χ3v) is 2.91. The second-order valence-electron chi connectivity index (χ2n) is 4.10. The SMILES string of the molecule is CC#CC(C)(c1ccccc1)C(C)C. The van der Waals surface area contributed by atoms with Crippen LogP contribution in [0.25, 0.3) is 0 Å². The van der Waals surface area contributed by atoms with Gasteiger partial charge >= 0.3 is 0 Å². The molecule has 1 unspecified atom stereocenters. The van der Waals surface area contributed by atoms with Crippen LogP contribution in [0, 0.1) is 17.8 Å². The Morgan fingerprint density at radius 1 is 1.14 bits per heavy atom. The summed E-state index contributed by atoms with van der Waals surface area (Å²) in [4.78, 5) is 0. The number of hydrogen-bond donors (Lipinski definition) is 0. The van der Waals surface area contributed by atoms with E-state index in [9.17, 15) is 0 Å². The van der Waals surface area contributed by atoms with Gasteiger partial charge in [0.15, 0.2) is 0 Å². The summed E-state index contributed by atoms with van der Waals surface area (Å²) in [6.07, 6.45) is 0. The number of rotatable bonds is 2. The summed E-state index contributed by atoms with van der Waals surface area (Å²) >= 11 is 0. The standard InChI is InChI=1S/C14H18/c1-5-11-14(4,12(2)3)13-9-7-6-8-10-13/h6-10,12H,1-4H3. The summed E-state index contributed by atoms with van der Waals surface area (Å²) in [7, 11) is 0. The molecule has 0 aromatic heterocycles.